The maximum absolute atomic E-state index is 11.6. The van der Waals surface area contributed by atoms with Crippen molar-refractivity contribution < 1.29 is 14.7 Å². The van der Waals surface area contributed by atoms with Crippen LogP contribution in [0, 0.1) is 0 Å². The summed E-state index contributed by atoms with van der Waals surface area (Å²) in [6, 6.07) is 8.27. The van der Waals surface area contributed by atoms with Crippen LogP contribution in [0.5, 0.6) is 0 Å². The Hall–Kier alpha value is -2.14. The molecule has 0 heterocycles. The first-order valence-electron chi connectivity index (χ1n) is 6.01. The van der Waals surface area contributed by atoms with Gasteiger partial charge in [0.15, 0.2) is 0 Å². The van der Waals surface area contributed by atoms with Crippen LogP contribution >= 0.6 is 0 Å². The Labute approximate surface area is 112 Å². The highest BCUT2D eigenvalue weighted by atomic mass is 16.4. The summed E-state index contributed by atoms with van der Waals surface area (Å²) in [5.74, 6) is -1.38. The number of aliphatic carboxylic acids is 1. The van der Waals surface area contributed by atoms with Crippen molar-refractivity contribution in [1.29, 1.82) is 0 Å². The highest BCUT2D eigenvalue weighted by molar-refractivity contribution is 5.84. The number of hydrogen-bond acceptors (Lipinski definition) is 3. The quantitative estimate of drug-likeness (QED) is 0.473. The molecular weight excluding hydrogens is 244 g/mol. The van der Waals surface area contributed by atoms with Gasteiger partial charge in [0.25, 0.3) is 0 Å². The normalized spacial score (nSPS) is 11.6. The molecule has 0 saturated heterocycles. The number of carbonyl (C=O) groups is 2. The van der Waals surface area contributed by atoms with E-state index in [2.05, 4.69) is 17.2 Å². The van der Waals surface area contributed by atoms with Gasteiger partial charge in [0.05, 0.1) is 6.54 Å². The molecular formula is C14H18N2O3. The van der Waals surface area contributed by atoms with E-state index in [4.69, 9.17) is 5.11 Å². The van der Waals surface area contributed by atoms with E-state index in [1.807, 2.05) is 30.3 Å². The summed E-state index contributed by atoms with van der Waals surface area (Å²) in [6.45, 7) is 4.09. The molecule has 19 heavy (non-hydrogen) atoms. The molecule has 1 amide bonds. The van der Waals surface area contributed by atoms with Crippen LogP contribution < -0.4 is 10.6 Å². The monoisotopic (exact) mass is 262 g/mol. The zero-order chi connectivity index (χ0) is 14.1. The standard InChI is InChI=1S/C14H18N2O3/c1-2-8-15-10-13(17)16-12(14(18)19)9-11-6-4-3-5-7-11/h2-7,12,15H,1,8-10H2,(H,16,17)(H,18,19). The average Bonchev–Trinajstić information content (AvgIpc) is 2.39. The van der Waals surface area contributed by atoms with Gasteiger partial charge in [-0.05, 0) is 5.56 Å². The highest BCUT2D eigenvalue weighted by Crippen LogP contribution is 2.03. The number of nitrogens with one attached hydrogen (secondary N) is 2. The third-order valence-electron chi connectivity index (χ3n) is 2.49. The Kier molecular flexibility index (Phi) is 6.32. The second-order valence-corrected chi connectivity index (χ2v) is 4.07. The van der Waals surface area contributed by atoms with E-state index in [1.54, 1.807) is 6.08 Å². The molecule has 1 atom stereocenters. The fourth-order valence-electron chi connectivity index (χ4n) is 1.58. The summed E-state index contributed by atoms with van der Waals surface area (Å²) in [5, 5.41) is 14.4. The largest absolute Gasteiger partial charge is 0.480 e. The van der Waals surface area contributed by atoms with Gasteiger partial charge in [-0.15, -0.1) is 6.58 Å². The zero-order valence-corrected chi connectivity index (χ0v) is 10.6. The smallest absolute Gasteiger partial charge is 0.326 e. The minimum absolute atomic E-state index is 0.0740. The molecule has 0 fully saturated rings. The molecule has 3 N–H and O–H groups in total. The zero-order valence-electron chi connectivity index (χ0n) is 10.6. The lowest BCUT2D eigenvalue weighted by molar-refractivity contribution is -0.141. The first-order chi connectivity index (χ1) is 9.13. The van der Waals surface area contributed by atoms with E-state index in [-0.39, 0.29) is 18.9 Å². The van der Waals surface area contributed by atoms with E-state index < -0.39 is 12.0 Å². The molecule has 0 radical (unpaired) electrons. The molecule has 0 aliphatic carbocycles. The fourth-order valence-corrected chi connectivity index (χ4v) is 1.58. The molecule has 1 aromatic rings. The lowest BCUT2D eigenvalue weighted by Crippen LogP contribution is -2.45. The van der Waals surface area contributed by atoms with Crippen LogP contribution in [0.2, 0.25) is 0 Å². The van der Waals surface area contributed by atoms with Crippen LogP contribution in [-0.4, -0.2) is 36.1 Å². The minimum atomic E-state index is -1.04. The van der Waals surface area contributed by atoms with Crippen LogP contribution in [0.15, 0.2) is 43.0 Å². The van der Waals surface area contributed by atoms with Gasteiger partial charge in [-0.25, -0.2) is 4.79 Å². The van der Waals surface area contributed by atoms with Crippen molar-refractivity contribution in [2.24, 2.45) is 0 Å². The van der Waals surface area contributed by atoms with Crippen molar-refractivity contribution in [3.8, 4) is 0 Å². The maximum Gasteiger partial charge on any atom is 0.326 e. The van der Waals surface area contributed by atoms with Crippen LogP contribution in [0.25, 0.3) is 0 Å². The fraction of sp³-hybridized carbons (Fsp3) is 0.286. The number of rotatable bonds is 8. The molecule has 1 aromatic carbocycles. The molecule has 5 heteroatoms. The molecule has 0 bridgehead atoms. The number of amides is 1. The van der Waals surface area contributed by atoms with E-state index in [0.717, 1.165) is 5.56 Å². The second-order valence-electron chi connectivity index (χ2n) is 4.07. The molecule has 1 rings (SSSR count). The molecule has 5 nitrogen and oxygen atoms in total. The molecule has 0 aliphatic heterocycles. The van der Waals surface area contributed by atoms with Gasteiger partial charge in [-0.3, -0.25) is 4.79 Å². The molecule has 1 unspecified atom stereocenters. The number of carboxylic acid groups (broad SMARTS) is 1. The summed E-state index contributed by atoms with van der Waals surface area (Å²) in [4.78, 5) is 22.7. The number of carbonyl (C=O) groups excluding carboxylic acids is 1. The summed E-state index contributed by atoms with van der Waals surface area (Å²) in [5.41, 5.74) is 0.870. The topological polar surface area (TPSA) is 78.4 Å². The highest BCUT2D eigenvalue weighted by Gasteiger charge is 2.19. The number of carboxylic acids is 1. The van der Waals surface area contributed by atoms with E-state index in [1.165, 1.54) is 0 Å². The first-order valence-corrected chi connectivity index (χ1v) is 6.01. The third kappa shape index (κ3) is 5.83. The predicted octanol–water partition coefficient (Wildman–Crippen LogP) is 0.574. The first kappa shape index (κ1) is 14.9. The maximum atomic E-state index is 11.6. The third-order valence-corrected chi connectivity index (χ3v) is 2.49. The van der Waals surface area contributed by atoms with Gasteiger partial charge in [0.1, 0.15) is 6.04 Å². The Morgan fingerprint density at radius 3 is 2.58 bits per heavy atom. The lowest BCUT2D eigenvalue weighted by Gasteiger charge is -2.14. The van der Waals surface area contributed by atoms with Crippen molar-refractivity contribution >= 4 is 11.9 Å². The molecule has 0 saturated carbocycles. The van der Waals surface area contributed by atoms with Crippen LogP contribution in [0.4, 0.5) is 0 Å². The van der Waals surface area contributed by atoms with Gasteiger partial charge in [-0.2, -0.15) is 0 Å². The summed E-state index contributed by atoms with van der Waals surface area (Å²) >= 11 is 0. The van der Waals surface area contributed by atoms with Crippen molar-refractivity contribution in [3.05, 3.63) is 48.6 Å². The summed E-state index contributed by atoms with van der Waals surface area (Å²) < 4.78 is 0. The SMILES string of the molecule is C=CCNCC(=O)NC(Cc1ccccc1)C(=O)O. The van der Waals surface area contributed by atoms with Crippen LogP contribution in [0.1, 0.15) is 5.56 Å². The molecule has 0 aromatic heterocycles. The second kappa shape index (κ2) is 8.05. The number of benzene rings is 1. The lowest BCUT2D eigenvalue weighted by atomic mass is 10.1. The predicted molar refractivity (Wildman–Crippen MR) is 72.8 cm³/mol. The summed E-state index contributed by atoms with van der Waals surface area (Å²) in [6.07, 6.45) is 1.90. The van der Waals surface area contributed by atoms with Crippen molar-refractivity contribution in [2.75, 3.05) is 13.1 Å². The Morgan fingerprint density at radius 1 is 1.32 bits per heavy atom. The van der Waals surface area contributed by atoms with Crippen LogP contribution in [0.3, 0.4) is 0 Å². The van der Waals surface area contributed by atoms with E-state index >= 15 is 0 Å². The molecule has 102 valence electrons. The van der Waals surface area contributed by atoms with E-state index in [0.29, 0.717) is 6.54 Å². The van der Waals surface area contributed by atoms with Gasteiger partial charge < -0.3 is 15.7 Å². The molecule has 0 spiro atoms. The number of hydrogen-bond donors (Lipinski definition) is 3. The van der Waals surface area contributed by atoms with Crippen LogP contribution in [-0.2, 0) is 16.0 Å². The summed E-state index contributed by atoms with van der Waals surface area (Å²) in [7, 11) is 0. The Balaban J connectivity index is 2.51. The average molecular weight is 262 g/mol. The minimum Gasteiger partial charge on any atom is -0.480 e. The van der Waals surface area contributed by atoms with Crippen molar-refractivity contribution in [1.82, 2.24) is 10.6 Å². The molecule has 0 aliphatic rings. The van der Waals surface area contributed by atoms with Gasteiger partial charge in [0, 0.05) is 13.0 Å². The Bertz CT molecular complexity index is 432. The van der Waals surface area contributed by atoms with Gasteiger partial charge in [-0.1, -0.05) is 36.4 Å². The van der Waals surface area contributed by atoms with Gasteiger partial charge >= 0.3 is 5.97 Å². The van der Waals surface area contributed by atoms with Gasteiger partial charge in [0.2, 0.25) is 5.91 Å². The van der Waals surface area contributed by atoms with E-state index in [9.17, 15) is 9.59 Å². The van der Waals surface area contributed by atoms with Crippen molar-refractivity contribution in [3.63, 3.8) is 0 Å². The van der Waals surface area contributed by atoms with Crippen molar-refractivity contribution in [2.45, 2.75) is 12.5 Å². The Morgan fingerprint density at radius 2 is 2.00 bits per heavy atom.